The fraction of sp³-hybridized carbons (Fsp3) is 0.333. The first-order valence-corrected chi connectivity index (χ1v) is 5.78. The van der Waals surface area contributed by atoms with Crippen molar-refractivity contribution in [3.05, 3.63) is 9.95 Å². The third kappa shape index (κ3) is 1.11. The van der Waals surface area contributed by atoms with Gasteiger partial charge in [0.15, 0.2) is 0 Å². The van der Waals surface area contributed by atoms with E-state index >= 15 is 0 Å². The van der Waals surface area contributed by atoms with Crippen molar-refractivity contribution in [2.24, 2.45) is 0 Å². The molecule has 5 heavy (non-hydrogen) atoms. The van der Waals surface area contributed by atoms with Crippen LogP contribution >= 0.6 is 0 Å². The Morgan fingerprint density at radius 2 is 1.80 bits per heavy atom. The molecule has 0 aliphatic carbocycles. The molecular weight excluding hydrogens is 194 g/mol. The predicted molar refractivity (Wildman–Crippen MR) is 25.5 cm³/mol. The molecule has 1 aliphatic rings. The van der Waals surface area contributed by atoms with Crippen LogP contribution in [0.2, 0.25) is 4.22 Å². The monoisotopic (exact) mass is 200 g/mol. The summed E-state index contributed by atoms with van der Waals surface area (Å²) in [7, 11) is 0. The van der Waals surface area contributed by atoms with Crippen molar-refractivity contribution in [3.63, 3.8) is 0 Å². The van der Waals surface area contributed by atoms with Gasteiger partial charge in [-0.25, -0.2) is 0 Å². The van der Waals surface area contributed by atoms with Crippen LogP contribution in [0, 0.1) is 0 Å². The van der Waals surface area contributed by atoms with E-state index in [2.05, 4.69) is 9.95 Å². The summed E-state index contributed by atoms with van der Waals surface area (Å²) in [6.45, 7) is 0. The van der Waals surface area contributed by atoms with E-state index in [1.807, 2.05) is 0 Å². The summed E-state index contributed by atoms with van der Waals surface area (Å²) in [5.41, 5.74) is 0. The fourth-order valence-electron chi connectivity index (χ4n) is 0.196. The maximum absolute atomic E-state index is 2.33. The molecular formula is C3H4Se2. The molecule has 28 valence electrons. The topological polar surface area (TPSA) is 0 Å². The van der Waals surface area contributed by atoms with E-state index in [-0.39, 0.29) is 0 Å². The Kier molecular flexibility index (Phi) is 1.62. The van der Waals surface area contributed by atoms with Crippen LogP contribution in [-0.4, -0.2) is 29.9 Å². The van der Waals surface area contributed by atoms with E-state index in [1.54, 1.807) is 0 Å². The SMILES string of the molecule is C1=C[Se]C[Se]1. The minimum atomic E-state index is 0.917. The van der Waals surface area contributed by atoms with Crippen LogP contribution in [0.3, 0.4) is 0 Å². The van der Waals surface area contributed by atoms with Gasteiger partial charge in [0.25, 0.3) is 0 Å². The molecule has 0 aromatic carbocycles. The first-order chi connectivity index (χ1) is 2.50. The van der Waals surface area contributed by atoms with E-state index in [0.29, 0.717) is 0 Å². The molecule has 0 atom stereocenters. The average Bonchev–Trinajstić information content (AvgIpc) is 1.76. The second-order valence-corrected chi connectivity index (χ2v) is 6.33. The van der Waals surface area contributed by atoms with Gasteiger partial charge in [0.1, 0.15) is 0 Å². The third-order valence-corrected chi connectivity index (χ3v) is 6.17. The average molecular weight is 198 g/mol. The van der Waals surface area contributed by atoms with Crippen LogP contribution in [0.4, 0.5) is 0 Å². The summed E-state index contributed by atoms with van der Waals surface area (Å²) in [6.07, 6.45) is 0. The molecule has 0 fully saturated rings. The van der Waals surface area contributed by atoms with Gasteiger partial charge in [0, 0.05) is 0 Å². The second kappa shape index (κ2) is 2.04. The Labute approximate surface area is 44.3 Å². The molecule has 0 aromatic rings. The summed E-state index contributed by atoms with van der Waals surface area (Å²) < 4.78 is 1.51. The van der Waals surface area contributed by atoms with Gasteiger partial charge in [-0.2, -0.15) is 0 Å². The Morgan fingerprint density at radius 3 is 2.00 bits per heavy atom. The summed E-state index contributed by atoms with van der Waals surface area (Å²) in [6, 6.07) is 0. The van der Waals surface area contributed by atoms with Crippen molar-refractivity contribution in [3.8, 4) is 0 Å². The number of rotatable bonds is 0. The van der Waals surface area contributed by atoms with Crippen molar-refractivity contribution in [1.82, 2.24) is 0 Å². The maximum atomic E-state index is 2.33. The van der Waals surface area contributed by atoms with Crippen molar-refractivity contribution < 1.29 is 0 Å². The first kappa shape index (κ1) is 3.95. The van der Waals surface area contributed by atoms with Gasteiger partial charge in [-0.1, -0.05) is 0 Å². The molecule has 0 saturated heterocycles. The quantitative estimate of drug-likeness (QED) is 0.489. The van der Waals surface area contributed by atoms with Crippen molar-refractivity contribution in [1.29, 1.82) is 0 Å². The van der Waals surface area contributed by atoms with E-state index in [0.717, 1.165) is 29.9 Å². The van der Waals surface area contributed by atoms with E-state index in [1.165, 1.54) is 4.22 Å². The van der Waals surface area contributed by atoms with Gasteiger partial charge in [-0.15, -0.1) is 0 Å². The zero-order chi connectivity index (χ0) is 3.54. The molecule has 0 aromatic heterocycles. The fourth-order valence-corrected chi connectivity index (χ4v) is 5.30. The van der Waals surface area contributed by atoms with Crippen LogP contribution in [0.25, 0.3) is 0 Å². The third-order valence-electron chi connectivity index (χ3n) is 0.384. The molecule has 0 saturated carbocycles. The van der Waals surface area contributed by atoms with Gasteiger partial charge >= 0.3 is 44.1 Å². The van der Waals surface area contributed by atoms with Crippen molar-refractivity contribution >= 4 is 29.9 Å². The van der Waals surface area contributed by atoms with Crippen LogP contribution in [-0.2, 0) is 0 Å². The van der Waals surface area contributed by atoms with Gasteiger partial charge in [-0.05, 0) is 0 Å². The molecule has 0 radical (unpaired) electrons. The second-order valence-electron chi connectivity index (χ2n) is 0.723. The van der Waals surface area contributed by atoms with Crippen LogP contribution < -0.4 is 0 Å². The molecule has 1 rings (SSSR count). The van der Waals surface area contributed by atoms with Crippen molar-refractivity contribution in [2.75, 3.05) is 0 Å². The summed E-state index contributed by atoms with van der Waals surface area (Å²) >= 11 is 1.83. The molecule has 0 spiro atoms. The Morgan fingerprint density at radius 1 is 1.20 bits per heavy atom. The van der Waals surface area contributed by atoms with Gasteiger partial charge in [0.05, 0.1) is 0 Å². The summed E-state index contributed by atoms with van der Waals surface area (Å²) in [5, 5.41) is 0. The van der Waals surface area contributed by atoms with E-state index in [9.17, 15) is 0 Å². The molecule has 0 bridgehead atoms. The molecule has 0 N–H and O–H groups in total. The van der Waals surface area contributed by atoms with Crippen LogP contribution in [0.15, 0.2) is 9.95 Å². The summed E-state index contributed by atoms with van der Waals surface area (Å²) in [4.78, 5) is 4.65. The number of hydrogen-bond acceptors (Lipinski definition) is 0. The Hall–Kier alpha value is 0.779. The first-order valence-electron chi connectivity index (χ1n) is 1.38. The molecule has 0 amide bonds. The van der Waals surface area contributed by atoms with Gasteiger partial charge in [-0.3, -0.25) is 0 Å². The normalized spacial score (nSPS) is 20.8. The molecule has 2 heteroatoms. The molecule has 0 nitrogen and oxygen atoms in total. The van der Waals surface area contributed by atoms with Crippen LogP contribution in [0.5, 0.6) is 0 Å². The Bertz CT molecular complexity index is 42.9. The standard InChI is InChI=1S/C3H4Se2/c1-2-5-3-4-1/h1-2H,3H2. The zero-order valence-corrected chi connectivity index (χ0v) is 6.10. The van der Waals surface area contributed by atoms with Crippen molar-refractivity contribution in [2.45, 2.75) is 4.22 Å². The van der Waals surface area contributed by atoms with E-state index in [4.69, 9.17) is 0 Å². The molecule has 0 unspecified atom stereocenters. The van der Waals surface area contributed by atoms with Gasteiger partial charge < -0.3 is 0 Å². The van der Waals surface area contributed by atoms with E-state index < -0.39 is 0 Å². The predicted octanol–water partition coefficient (Wildman–Crippen LogP) is 0.255. The Balaban J connectivity index is 2.32. The minimum absolute atomic E-state index is 0.917. The summed E-state index contributed by atoms with van der Waals surface area (Å²) in [5.74, 6) is 0. The zero-order valence-electron chi connectivity index (χ0n) is 2.68. The molecule has 1 heterocycles. The van der Waals surface area contributed by atoms with Gasteiger partial charge in [0.2, 0.25) is 0 Å². The van der Waals surface area contributed by atoms with Crippen LogP contribution in [0.1, 0.15) is 0 Å². The number of hydrogen-bond donors (Lipinski definition) is 0. The molecule has 1 aliphatic heterocycles.